The largest absolute Gasteiger partial charge is 0.462 e. The fourth-order valence-electron chi connectivity index (χ4n) is 5.21. The van der Waals surface area contributed by atoms with Crippen LogP contribution in [0.15, 0.2) is 48.8 Å². The number of ether oxygens (including phenoxy) is 3. The number of aryl methyl sites for hydroxylation is 1. The van der Waals surface area contributed by atoms with Gasteiger partial charge in [0, 0.05) is 0 Å². The van der Waals surface area contributed by atoms with Gasteiger partial charge >= 0.3 is 11.9 Å². The second-order valence-corrected chi connectivity index (χ2v) is 14.1. The van der Waals surface area contributed by atoms with Crippen LogP contribution >= 0.6 is 7.52 Å². The summed E-state index contributed by atoms with van der Waals surface area (Å²) >= 11 is 0. The number of fused-ring (bicyclic) bond motifs is 1. The molecule has 1 fully saturated rings. The highest BCUT2D eigenvalue weighted by Gasteiger charge is 2.67. The maximum absolute atomic E-state index is 14.4. The van der Waals surface area contributed by atoms with Crippen molar-refractivity contribution in [3.05, 3.63) is 65.7 Å². The Bertz CT molecular complexity index is 1620. The molecule has 3 heterocycles. The molecule has 0 saturated carbocycles. The van der Waals surface area contributed by atoms with E-state index in [1.54, 1.807) is 71.0 Å². The Balaban J connectivity index is 1.72. The van der Waals surface area contributed by atoms with Crippen LogP contribution in [-0.4, -0.2) is 68.2 Å². The Hall–Kier alpha value is -3.66. The van der Waals surface area contributed by atoms with Crippen LogP contribution in [0.4, 0.5) is 0 Å². The average molecular weight is 642 g/mol. The van der Waals surface area contributed by atoms with Crippen molar-refractivity contribution < 1.29 is 38.0 Å². The first-order valence-corrected chi connectivity index (χ1v) is 16.5. The van der Waals surface area contributed by atoms with E-state index in [9.17, 15) is 24.5 Å². The monoisotopic (exact) mass is 641 g/mol. The fourth-order valence-corrected chi connectivity index (χ4v) is 7.24. The Kier molecular flexibility index (Phi) is 10.2. The summed E-state index contributed by atoms with van der Waals surface area (Å²) in [4.78, 5) is 29.7. The number of hydrogen-bond acceptors (Lipinski definition) is 11. The highest BCUT2D eigenvalue weighted by Crippen LogP contribution is 2.52. The summed E-state index contributed by atoms with van der Waals surface area (Å²) in [7, 11) is -3.89. The first kappa shape index (κ1) is 34.2. The number of aromatic nitrogens is 3. The molecule has 14 heteroatoms. The van der Waals surface area contributed by atoms with Gasteiger partial charge in [0.15, 0.2) is 6.10 Å². The maximum Gasteiger partial charge on any atom is 0.323 e. The molecule has 1 aliphatic rings. The standard InChI is InChI=1S/C31H40N5O8P/c1-19(2)28(37)43-27-25(44-31(17-32,30(27,7)39)26-14-13-24-21(5)33-18-34-36(24)26)15-41-45(40,16-23-11-9-8-10-12-23)35-22(6)29(38)42-20(3)4/h8-14,18-20,22,25,27,39H,15-16H2,1-7H3,(H,35,40)/t22-,25+,27+,30+,31-,45-/m0/s1. The van der Waals surface area contributed by atoms with Crippen LogP contribution in [0.1, 0.15) is 58.5 Å². The quantitative estimate of drug-likeness (QED) is 0.216. The van der Waals surface area contributed by atoms with Gasteiger partial charge in [-0.15, -0.1) is 0 Å². The number of nitrogens with one attached hydrogen (secondary N) is 1. The van der Waals surface area contributed by atoms with E-state index in [0.29, 0.717) is 16.8 Å². The van der Waals surface area contributed by atoms with Crippen molar-refractivity contribution in [1.29, 1.82) is 5.26 Å². The molecule has 2 N–H and O–H groups in total. The lowest BCUT2D eigenvalue weighted by molar-refractivity contribution is -0.168. The van der Waals surface area contributed by atoms with Gasteiger partial charge in [0.2, 0.25) is 5.60 Å². The molecule has 3 aromatic rings. The van der Waals surface area contributed by atoms with E-state index in [0.717, 1.165) is 0 Å². The zero-order chi connectivity index (χ0) is 33.2. The molecule has 6 atom stereocenters. The number of benzene rings is 1. The predicted molar refractivity (Wildman–Crippen MR) is 163 cm³/mol. The van der Waals surface area contributed by atoms with Crippen LogP contribution in [0.5, 0.6) is 0 Å². The molecule has 0 radical (unpaired) electrons. The lowest BCUT2D eigenvalue weighted by Crippen LogP contribution is -2.54. The second-order valence-electron chi connectivity index (χ2n) is 11.9. The normalized spacial score (nSPS) is 25.2. The Morgan fingerprint density at radius 3 is 2.47 bits per heavy atom. The number of aliphatic hydroxyl groups is 1. The predicted octanol–water partition coefficient (Wildman–Crippen LogP) is 3.81. The molecule has 242 valence electrons. The zero-order valence-corrected chi connectivity index (χ0v) is 27.4. The summed E-state index contributed by atoms with van der Waals surface area (Å²) in [5, 5.41) is 29.7. The number of nitrogens with zero attached hydrogens (tertiary/aromatic N) is 4. The number of rotatable bonds is 12. The van der Waals surface area contributed by atoms with Crippen molar-refractivity contribution in [2.24, 2.45) is 5.92 Å². The van der Waals surface area contributed by atoms with E-state index in [-0.39, 0.29) is 18.0 Å². The van der Waals surface area contributed by atoms with Gasteiger partial charge in [0.25, 0.3) is 7.52 Å². The second kappa shape index (κ2) is 13.4. The molecule has 1 aromatic carbocycles. The molecule has 45 heavy (non-hydrogen) atoms. The van der Waals surface area contributed by atoms with Crippen molar-refractivity contribution in [3.8, 4) is 6.07 Å². The third-order valence-electron chi connectivity index (χ3n) is 7.59. The smallest absolute Gasteiger partial charge is 0.323 e. The SMILES string of the molecule is Cc1ncnn2c([C@]3(C#N)O[C@H](CO[P@@](=O)(Cc4ccccc4)N[C@@H](C)C(=O)OC(C)C)[C@@H](OC(=O)C(C)C)[C@@]3(C)O)ccc12. The zero-order valence-electron chi connectivity index (χ0n) is 26.5. The highest BCUT2D eigenvalue weighted by molar-refractivity contribution is 7.56. The average Bonchev–Trinajstić information content (AvgIpc) is 3.50. The van der Waals surface area contributed by atoms with E-state index in [4.69, 9.17) is 18.7 Å². The van der Waals surface area contributed by atoms with Crippen molar-refractivity contribution in [2.45, 2.75) is 90.2 Å². The molecule has 0 aliphatic carbocycles. The summed E-state index contributed by atoms with van der Waals surface area (Å²) in [6.45, 7) is 10.8. The van der Waals surface area contributed by atoms with Gasteiger partial charge in [0.05, 0.1) is 41.7 Å². The third-order valence-corrected chi connectivity index (χ3v) is 9.71. The molecule has 0 unspecified atom stereocenters. The van der Waals surface area contributed by atoms with Gasteiger partial charge in [-0.3, -0.25) is 14.2 Å². The minimum atomic E-state index is -3.89. The van der Waals surface area contributed by atoms with E-state index in [2.05, 4.69) is 21.2 Å². The summed E-state index contributed by atoms with van der Waals surface area (Å²) in [5.74, 6) is -1.83. The molecule has 1 saturated heterocycles. The van der Waals surface area contributed by atoms with Crippen LogP contribution in [0.25, 0.3) is 5.52 Å². The van der Waals surface area contributed by atoms with Crippen LogP contribution in [-0.2, 0) is 44.7 Å². The molecular weight excluding hydrogens is 601 g/mol. The lowest BCUT2D eigenvalue weighted by Gasteiger charge is -2.34. The van der Waals surface area contributed by atoms with Crippen molar-refractivity contribution in [3.63, 3.8) is 0 Å². The topological polar surface area (TPSA) is 174 Å². The Morgan fingerprint density at radius 1 is 1.16 bits per heavy atom. The van der Waals surface area contributed by atoms with E-state index < -0.39 is 61.4 Å². The molecule has 13 nitrogen and oxygen atoms in total. The van der Waals surface area contributed by atoms with Crippen LogP contribution < -0.4 is 5.09 Å². The number of carbonyl (C=O) groups excluding carboxylic acids is 2. The number of carbonyl (C=O) groups is 2. The molecule has 4 rings (SSSR count). The summed E-state index contributed by atoms with van der Waals surface area (Å²) < 4.78 is 39.2. The van der Waals surface area contributed by atoms with Gasteiger partial charge in [-0.2, -0.15) is 10.4 Å². The number of hydrogen-bond donors (Lipinski definition) is 2. The minimum absolute atomic E-state index is 0.102. The number of esters is 2. The first-order valence-electron chi connectivity index (χ1n) is 14.7. The lowest BCUT2D eigenvalue weighted by atomic mass is 9.80. The summed E-state index contributed by atoms with van der Waals surface area (Å²) in [5.41, 5.74) is -2.17. The molecule has 0 spiro atoms. The summed E-state index contributed by atoms with van der Waals surface area (Å²) in [6.07, 6.45) is -1.86. The number of nitriles is 1. The first-order chi connectivity index (χ1) is 21.1. The third kappa shape index (κ3) is 6.95. The van der Waals surface area contributed by atoms with Crippen LogP contribution in [0.2, 0.25) is 0 Å². The minimum Gasteiger partial charge on any atom is -0.462 e. The van der Waals surface area contributed by atoms with Crippen molar-refractivity contribution >= 4 is 25.0 Å². The van der Waals surface area contributed by atoms with Crippen molar-refractivity contribution in [2.75, 3.05) is 6.61 Å². The maximum atomic E-state index is 14.4. The van der Waals surface area contributed by atoms with E-state index >= 15 is 0 Å². The van der Waals surface area contributed by atoms with E-state index in [1.807, 2.05) is 6.07 Å². The Morgan fingerprint density at radius 2 is 1.84 bits per heavy atom. The highest BCUT2D eigenvalue weighted by atomic mass is 31.2. The summed E-state index contributed by atoms with van der Waals surface area (Å²) in [6, 6.07) is 13.3. The fraction of sp³-hybridized carbons (Fsp3) is 0.516. The van der Waals surface area contributed by atoms with Gasteiger partial charge in [0.1, 0.15) is 30.1 Å². The van der Waals surface area contributed by atoms with Gasteiger partial charge in [-0.25, -0.2) is 14.6 Å². The van der Waals surface area contributed by atoms with Crippen molar-refractivity contribution in [1.82, 2.24) is 19.7 Å². The van der Waals surface area contributed by atoms with Gasteiger partial charge in [-0.05, 0) is 52.3 Å². The molecule has 2 aromatic heterocycles. The van der Waals surface area contributed by atoms with Crippen LogP contribution in [0.3, 0.4) is 0 Å². The molecule has 0 amide bonds. The van der Waals surface area contributed by atoms with Gasteiger partial charge in [-0.1, -0.05) is 44.2 Å². The van der Waals surface area contributed by atoms with Crippen LogP contribution in [0, 0.1) is 24.2 Å². The Labute approximate surface area is 262 Å². The molecular formula is C31H40N5O8P. The van der Waals surface area contributed by atoms with E-state index in [1.165, 1.54) is 24.7 Å². The van der Waals surface area contributed by atoms with Gasteiger partial charge < -0.3 is 23.8 Å². The molecule has 0 bridgehead atoms. The molecule has 1 aliphatic heterocycles.